The molecule has 1 aromatic heterocycles. The van der Waals surface area contributed by atoms with Crippen LogP contribution < -0.4 is 10.1 Å². The number of methoxy groups -OCH3 is 1. The van der Waals surface area contributed by atoms with E-state index < -0.39 is 0 Å². The molecule has 0 saturated carbocycles. The zero-order valence-corrected chi connectivity index (χ0v) is 23.3. The van der Waals surface area contributed by atoms with Crippen molar-refractivity contribution in [1.29, 1.82) is 0 Å². The van der Waals surface area contributed by atoms with Crippen molar-refractivity contribution in [2.75, 3.05) is 12.4 Å². The summed E-state index contributed by atoms with van der Waals surface area (Å²) in [6, 6.07) is 16.3. The van der Waals surface area contributed by atoms with Gasteiger partial charge in [-0.2, -0.15) is 0 Å². The number of benzene rings is 2. The Balaban J connectivity index is 1.31. The van der Waals surface area contributed by atoms with E-state index in [0.717, 1.165) is 24.2 Å². The maximum Gasteiger partial charge on any atom is 0.255 e. The second-order valence-electron chi connectivity index (χ2n) is 9.48. The first kappa shape index (κ1) is 29.0. The largest absolute Gasteiger partial charge is 0.496 e. The standard InChI is InChI=1S/C31H38Cl2N2O2/c1-37-29-20-19-26(31(36)35-30-27(32)22-34-23-28(30)33)21-25(29)18-14-9-7-5-3-2-4-6-8-11-15-24-16-12-10-13-17-24/h10,12-13,16-17,19-23H,2-9,11,14-15,18H2,1H3,(H,34,35,36). The normalized spacial score (nSPS) is 10.9. The predicted molar refractivity (Wildman–Crippen MR) is 155 cm³/mol. The minimum atomic E-state index is -0.265. The SMILES string of the molecule is COc1ccc(C(=O)Nc2c(Cl)cncc2Cl)cc1CCCCCCCCCCCCc1ccccc1. The van der Waals surface area contributed by atoms with E-state index in [1.165, 1.54) is 82.2 Å². The number of unbranched alkanes of at least 4 members (excludes halogenated alkanes) is 9. The van der Waals surface area contributed by atoms with Gasteiger partial charge >= 0.3 is 0 Å². The van der Waals surface area contributed by atoms with Crippen molar-refractivity contribution in [2.24, 2.45) is 0 Å². The third-order valence-corrected chi connectivity index (χ3v) is 7.21. The Morgan fingerprint density at radius 3 is 1.95 bits per heavy atom. The van der Waals surface area contributed by atoms with E-state index in [1.54, 1.807) is 13.2 Å². The fourth-order valence-electron chi connectivity index (χ4n) is 4.54. The van der Waals surface area contributed by atoms with Gasteiger partial charge in [-0.25, -0.2) is 0 Å². The Morgan fingerprint density at radius 1 is 0.784 bits per heavy atom. The van der Waals surface area contributed by atoms with E-state index in [1.807, 2.05) is 12.1 Å². The van der Waals surface area contributed by atoms with Crippen molar-refractivity contribution < 1.29 is 9.53 Å². The second-order valence-corrected chi connectivity index (χ2v) is 10.3. The lowest BCUT2D eigenvalue weighted by Crippen LogP contribution is -2.13. The number of nitrogens with one attached hydrogen (secondary N) is 1. The summed E-state index contributed by atoms with van der Waals surface area (Å²) in [6.07, 6.45) is 17.7. The zero-order chi connectivity index (χ0) is 26.3. The lowest BCUT2D eigenvalue weighted by Gasteiger charge is -2.12. The van der Waals surface area contributed by atoms with E-state index in [4.69, 9.17) is 27.9 Å². The minimum Gasteiger partial charge on any atom is -0.496 e. The molecule has 37 heavy (non-hydrogen) atoms. The van der Waals surface area contributed by atoms with Gasteiger partial charge in [0.2, 0.25) is 0 Å². The van der Waals surface area contributed by atoms with E-state index in [0.29, 0.717) is 21.3 Å². The van der Waals surface area contributed by atoms with Crippen molar-refractivity contribution >= 4 is 34.8 Å². The number of carbonyl (C=O) groups excluding carboxylic acids is 1. The Bertz CT molecular complexity index is 1090. The summed E-state index contributed by atoms with van der Waals surface area (Å²) < 4.78 is 5.53. The number of nitrogens with zero attached hydrogens (tertiary/aromatic N) is 1. The molecular formula is C31H38Cl2N2O2. The number of aryl methyl sites for hydroxylation is 2. The van der Waals surface area contributed by atoms with Crippen LogP contribution in [0.15, 0.2) is 60.9 Å². The molecule has 0 unspecified atom stereocenters. The number of carbonyl (C=O) groups is 1. The van der Waals surface area contributed by atoms with E-state index in [-0.39, 0.29) is 5.91 Å². The van der Waals surface area contributed by atoms with Crippen molar-refractivity contribution in [1.82, 2.24) is 4.98 Å². The summed E-state index contributed by atoms with van der Waals surface area (Å²) >= 11 is 12.3. The van der Waals surface area contributed by atoms with Crippen LogP contribution in [0, 0.1) is 0 Å². The van der Waals surface area contributed by atoms with Crippen LogP contribution in [0.25, 0.3) is 0 Å². The number of hydrogen-bond acceptors (Lipinski definition) is 3. The highest BCUT2D eigenvalue weighted by molar-refractivity contribution is 6.39. The lowest BCUT2D eigenvalue weighted by atomic mass is 10.0. The summed E-state index contributed by atoms with van der Waals surface area (Å²) in [5.41, 5.74) is 3.41. The number of amides is 1. The van der Waals surface area contributed by atoms with E-state index in [2.05, 4.69) is 40.6 Å². The summed E-state index contributed by atoms with van der Waals surface area (Å²) in [5.74, 6) is 0.544. The third-order valence-electron chi connectivity index (χ3n) is 6.64. The topological polar surface area (TPSA) is 51.2 Å². The van der Waals surface area contributed by atoms with Crippen LogP contribution in [0.1, 0.15) is 85.7 Å². The lowest BCUT2D eigenvalue weighted by molar-refractivity contribution is 0.102. The Labute approximate surface area is 231 Å². The van der Waals surface area contributed by atoms with Crippen LogP contribution in [-0.2, 0) is 12.8 Å². The predicted octanol–water partition coefficient (Wildman–Crippen LogP) is 9.34. The highest BCUT2D eigenvalue weighted by atomic mass is 35.5. The molecule has 0 aliphatic heterocycles. The Hall–Kier alpha value is -2.56. The molecule has 1 N–H and O–H groups in total. The Morgan fingerprint density at radius 2 is 1.35 bits per heavy atom. The number of ether oxygens (including phenoxy) is 1. The molecule has 2 aromatic carbocycles. The molecule has 0 spiro atoms. The second kappa shape index (κ2) is 16.3. The van der Waals surface area contributed by atoms with E-state index in [9.17, 15) is 4.79 Å². The molecule has 3 aromatic rings. The molecule has 1 amide bonds. The van der Waals surface area contributed by atoms with Gasteiger partial charge in [-0.05, 0) is 55.0 Å². The van der Waals surface area contributed by atoms with Crippen LogP contribution in [0.4, 0.5) is 5.69 Å². The molecule has 0 atom stereocenters. The van der Waals surface area contributed by atoms with Crippen molar-refractivity contribution in [3.05, 3.63) is 87.7 Å². The van der Waals surface area contributed by atoms with E-state index >= 15 is 0 Å². The van der Waals surface area contributed by atoms with Crippen LogP contribution in [0.5, 0.6) is 5.75 Å². The van der Waals surface area contributed by atoms with Gasteiger partial charge in [0.25, 0.3) is 5.91 Å². The van der Waals surface area contributed by atoms with Gasteiger partial charge in [0.05, 0.1) is 22.8 Å². The summed E-state index contributed by atoms with van der Waals surface area (Å²) in [6.45, 7) is 0. The average Bonchev–Trinajstić information content (AvgIpc) is 2.91. The fourth-order valence-corrected chi connectivity index (χ4v) is 4.99. The summed E-state index contributed by atoms with van der Waals surface area (Å²) in [5, 5.41) is 3.40. The molecule has 0 aliphatic rings. The third kappa shape index (κ3) is 10.0. The summed E-state index contributed by atoms with van der Waals surface area (Å²) in [4.78, 5) is 16.7. The smallest absolute Gasteiger partial charge is 0.255 e. The van der Waals surface area contributed by atoms with Crippen LogP contribution in [0.2, 0.25) is 10.0 Å². The van der Waals surface area contributed by atoms with Crippen LogP contribution in [-0.4, -0.2) is 18.0 Å². The van der Waals surface area contributed by atoms with Gasteiger partial charge in [-0.15, -0.1) is 0 Å². The minimum absolute atomic E-state index is 0.265. The number of hydrogen-bond donors (Lipinski definition) is 1. The molecule has 0 bridgehead atoms. The molecule has 0 saturated heterocycles. The molecular weight excluding hydrogens is 503 g/mol. The van der Waals surface area contributed by atoms with Crippen molar-refractivity contribution in [2.45, 2.75) is 77.0 Å². The quantitative estimate of drug-likeness (QED) is 0.184. The maximum absolute atomic E-state index is 12.8. The number of halogens is 2. The van der Waals surface area contributed by atoms with Gasteiger partial charge in [0.1, 0.15) is 5.75 Å². The number of anilines is 1. The first-order valence-electron chi connectivity index (χ1n) is 13.4. The summed E-state index contributed by atoms with van der Waals surface area (Å²) in [7, 11) is 1.66. The maximum atomic E-state index is 12.8. The fraction of sp³-hybridized carbons (Fsp3) is 0.419. The molecule has 4 nitrogen and oxygen atoms in total. The molecule has 6 heteroatoms. The van der Waals surface area contributed by atoms with Crippen LogP contribution in [0.3, 0.4) is 0 Å². The van der Waals surface area contributed by atoms with Gasteiger partial charge in [0.15, 0.2) is 0 Å². The molecule has 0 radical (unpaired) electrons. The van der Waals surface area contributed by atoms with Crippen molar-refractivity contribution in [3.8, 4) is 5.75 Å². The molecule has 1 heterocycles. The number of pyridine rings is 1. The highest BCUT2D eigenvalue weighted by Gasteiger charge is 2.14. The molecule has 0 aliphatic carbocycles. The van der Waals surface area contributed by atoms with Gasteiger partial charge in [0, 0.05) is 18.0 Å². The molecule has 0 fully saturated rings. The number of rotatable bonds is 16. The van der Waals surface area contributed by atoms with Crippen LogP contribution >= 0.6 is 23.2 Å². The first-order chi connectivity index (χ1) is 18.1. The van der Waals surface area contributed by atoms with Gasteiger partial charge in [-0.1, -0.05) is 105 Å². The number of aromatic nitrogens is 1. The van der Waals surface area contributed by atoms with Gasteiger partial charge < -0.3 is 10.1 Å². The highest BCUT2D eigenvalue weighted by Crippen LogP contribution is 2.30. The van der Waals surface area contributed by atoms with Gasteiger partial charge in [-0.3, -0.25) is 9.78 Å². The molecule has 198 valence electrons. The monoisotopic (exact) mass is 540 g/mol. The van der Waals surface area contributed by atoms with Crippen molar-refractivity contribution in [3.63, 3.8) is 0 Å². The zero-order valence-electron chi connectivity index (χ0n) is 21.8. The molecule has 3 rings (SSSR count). The Kier molecular flexibility index (Phi) is 12.8. The first-order valence-corrected chi connectivity index (χ1v) is 14.1. The average molecular weight is 542 g/mol.